The molecule has 2 heterocycles. The molecule has 1 aromatic heterocycles. The maximum Gasteiger partial charge on any atom is 0.129 e. The lowest BCUT2D eigenvalue weighted by Crippen LogP contribution is -2.33. The maximum atomic E-state index is 4.88. The zero-order valence-electron chi connectivity index (χ0n) is 13.0. The molecule has 0 aromatic carbocycles. The second-order valence-electron chi connectivity index (χ2n) is 6.70. The summed E-state index contributed by atoms with van der Waals surface area (Å²) < 4.78 is 0. The molecule has 0 amide bonds. The highest BCUT2D eigenvalue weighted by molar-refractivity contribution is 5.46. The van der Waals surface area contributed by atoms with E-state index in [1.807, 2.05) is 0 Å². The van der Waals surface area contributed by atoms with E-state index in [1.165, 1.54) is 42.9 Å². The van der Waals surface area contributed by atoms with E-state index in [4.69, 9.17) is 4.98 Å². The van der Waals surface area contributed by atoms with E-state index in [1.54, 1.807) is 0 Å². The molecule has 1 aliphatic heterocycles. The Morgan fingerprint density at radius 1 is 1.35 bits per heavy atom. The topological polar surface area (TPSA) is 28.2 Å². The molecule has 0 spiro atoms. The van der Waals surface area contributed by atoms with Gasteiger partial charge >= 0.3 is 0 Å². The molecule has 110 valence electrons. The first-order chi connectivity index (χ1) is 9.65. The van der Waals surface area contributed by atoms with Gasteiger partial charge in [0.25, 0.3) is 0 Å². The Balaban J connectivity index is 1.80. The third-order valence-electron chi connectivity index (χ3n) is 4.70. The van der Waals surface area contributed by atoms with E-state index < -0.39 is 0 Å². The number of aryl methyl sites for hydroxylation is 1. The minimum absolute atomic E-state index is 0.527. The SMILES string of the molecule is CCc1cc(CNC(C)C)cc(N2CC3CCC2C3)n1. The summed E-state index contributed by atoms with van der Waals surface area (Å²) in [6, 6.07) is 5.84. The summed E-state index contributed by atoms with van der Waals surface area (Å²) >= 11 is 0. The lowest BCUT2D eigenvalue weighted by Gasteiger charge is -2.29. The van der Waals surface area contributed by atoms with Crippen LogP contribution in [0.4, 0.5) is 5.82 Å². The van der Waals surface area contributed by atoms with Crippen molar-refractivity contribution in [2.24, 2.45) is 5.92 Å². The van der Waals surface area contributed by atoms with Gasteiger partial charge in [0.2, 0.25) is 0 Å². The van der Waals surface area contributed by atoms with Gasteiger partial charge in [0, 0.05) is 30.9 Å². The first-order valence-electron chi connectivity index (χ1n) is 8.15. The van der Waals surface area contributed by atoms with Crippen molar-refractivity contribution in [1.82, 2.24) is 10.3 Å². The Morgan fingerprint density at radius 3 is 2.80 bits per heavy atom. The standard InChI is InChI=1S/C17H27N3/c1-4-15-7-14(10-18-12(2)3)9-17(19-15)20-11-13-5-6-16(20)8-13/h7,9,12-13,16,18H,4-6,8,10-11H2,1-3H3. The fourth-order valence-corrected chi connectivity index (χ4v) is 3.59. The van der Waals surface area contributed by atoms with Crippen molar-refractivity contribution in [1.29, 1.82) is 0 Å². The van der Waals surface area contributed by atoms with Gasteiger partial charge in [-0.25, -0.2) is 4.98 Å². The molecule has 2 unspecified atom stereocenters. The van der Waals surface area contributed by atoms with E-state index in [2.05, 4.69) is 43.1 Å². The smallest absolute Gasteiger partial charge is 0.129 e. The number of pyridine rings is 1. The molecular weight excluding hydrogens is 246 g/mol. The van der Waals surface area contributed by atoms with E-state index in [9.17, 15) is 0 Å². The Labute approximate surface area is 122 Å². The summed E-state index contributed by atoms with van der Waals surface area (Å²) in [7, 11) is 0. The average molecular weight is 273 g/mol. The van der Waals surface area contributed by atoms with E-state index in [0.717, 1.165) is 24.9 Å². The average Bonchev–Trinajstić information content (AvgIpc) is 3.07. The number of anilines is 1. The predicted octanol–water partition coefficient (Wildman–Crippen LogP) is 3.13. The Bertz CT molecular complexity index is 469. The van der Waals surface area contributed by atoms with Crippen molar-refractivity contribution < 1.29 is 0 Å². The minimum atomic E-state index is 0.527. The second kappa shape index (κ2) is 5.72. The second-order valence-corrected chi connectivity index (χ2v) is 6.70. The van der Waals surface area contributed by atoms with Gasteiger partial charge in [-0.2, -0.15) is 0 Å². The van der Waals surface area contributed by atoms with Crippen LogP contribution in [0, 0.1) is 5.92 Å². The number of hydrogen-bond donors (Lipinski definition) is 1. The number of rotatable bonds is 5. The number of hydrogen-bond acceptors (Lipinski definition) is 3. The molecule has 1 N–H and O–H groups in total. The molecular formula is C17H27N3. The highest BCUT2D eigenvalue weighted by atomic mass is 15.2. The lowest BCUT2D eigenvalue weighted by molar-refractivity contribution is 0.549. The first kappa shape index (κ1) is 13.9. The van der Waals surface area contributed by atoms with Crippen molar-refractivity contribution in [3.63, 3.8) is 0 Å². The molecule has 1 aliphatic carbocycles. The van der Waals surface area contributed by atoms with Crippen LogP contribution < -0.4 is 10.2 Å². The van der Waals surface area contributed by atoms with Crippen LogP contribution in [0.5, 0.6) is 0 Å². The van der Waals surface area contributed by atoms with Crippen molar-refractivity contribution in [3.05, 3.63) is 23.4 Å². The van der Waals surface area contributed by atoms with Crippen LogP contribution in [-0.2, 0) is 13.0 Å². The van der Waals surface area contributed by atoms with Gasteiger partial charge < -0.3 is 10.2 Å². The molecule has 0 radical (unpaired) electrons. The maximum absolute atomic E-state index is 4.88. The van der Waals surface area contributed by atoms with Crippen molar-refractivity contribution in [3.8, 4) is 0 Å². The zero-order valence-corrected chi connectivity index (χ0v) is 13.0. The number of fused-ring (bicyclic) bond motifs is 2. The summed E-state index contributed by atoms with van der Waals surface area (Å²) in [6.45, 7) is 8.76. The van der Waals surface area contributed by atoms with Crippen LogP contribution in [0.3, 0.4) is 0 Å². The highest BCUT2D eigenvalue weighted by Gasteiger charge is 2.38. The predicted molar refractivity (Wildman–Crippen MR) is 84.1 cm³/mol. The molecule has 2 atom stereocenters. The number of nitrogens with one attached hydrogen (secondary N) is 1. The van der Waals surface area contributed by atoms with Crippen LogP contribution in [0.15, 0.2) is 12.1 Å². The van der Waals surface area contributed by atoms with Crippen LogP contribution in [0.1, 0.15) is 51.3 Å². The molecule has 2 fully saturated rings. The summed E-state index contributed by atoms with van der Waals surface area (Å²) in [5.74, 6) is 2.14. The number of nitrogens with zero attached hydrogens (tertiary/aromatic N) is 2. The third-order valence-corrected chi connectivity index (χ3v) is 4.70. The molecule has 1 aromatic rings. The van der Waals surface area contributed by atoms with Gasteiger partial charge in [-0.3, -0.25) is 0 Å². The Morgan fingerprint density at radius 2 is 2.20 bits per heavy atom. The normalized spacial score (nSPS) is 24.9. The van der Waals surface area contributed by atoms with Gasteiger partial charge in [0.15, 0.2) is 0 Å². The number of piperidine rings is 1. The van der Waals surface area contributed by atoms with Gasteiger partial charge in [0.05, 0.1) is 0 Å². The molecule has 3 rings (SSSR count). The molecule has 3 nitrogen and oxygen atoms in total. The molecule has 20 heavy (non-hydrogen) atoms. The summed E-state index contributed by atoms with van der Waals surface area (Å²) in [5, 5.41) is 3.52. The van der Waals surface area contributed by atoms with Gasteiger partial charge in [-0.15, -0.1) is 0 Å². The Hall–Kier alpha value is -1.09. The van der Waals surface area contributed by atoms with Crippen LogP contribution in [0.2, 0.25) is 0 Å². The zero-order chi connectivity index (χ0) is 14.1. The molecule has 2 aliphatic rings. The molecule has 1 saturated heterocycles. The quantitative estimate of drug-likeness (QED) is 0.893. The van der Waals surface area contributed by atoms with Gasteiger partial charge in [-0.1, -0.05) is 20.8 Å². The lowest BCUT2D eigenvalue weighted by atomic mass is 10.1. The van der Waals surface area contributed by atoms with Crippen molar-refractivity contribution in [2.45, 2.75) is 65.1 Å². The summed E-state index contributed by atoms with van der Waals surface area (Å²) in [4.78, 5) is 7.44. The van der Waals surface area contributed by atoms with Gasteiger partial charge in [-0.05, 0) is 49.3 Å². The largest absolute Gasteiger partial charge is 0.353 e. The van der Waals surface area contributed by atoms with Crippen LogP contribution >= 0.6 is 0 Å². The highest BCUT2D eigenvalue weighted by Crippen LogP contribution is 2.39. The van der Waals surface area contributed by atoms with Crippen LogP contribution in [-0.4, -0.2) is 23.6 Å². The first-order valence-corrected chi connectivity index (χ1v) is 8.15. The fraction of sp³-hybridized carbons (Fsp3) is 0.706. The molecule has 1 saturated carbocycles. The van der Waals surface area contributed by atoms with Crippen LogP contribution in [0.25, 0.3) is 0 Å². The molecule has 3 heteroatoms. The van der Waals surface area contributed by atoms with E-state index in [0.29, 0.717) is 6.04 Å². The summed E-state index contributed by atoms with van der Waals surface area (Å²) in [6.07, 6.45) is 5.20. The monoisotopic (exact) mass is 273 g/mol. The molecule has 2 bridgehead atoms. The van der Waals surface area contributed by atoms with Crippen molar-refractivity contribution in [2.75, 3.05) is 11.4 Å². The Kier molecular flexibility index (Phi) is 3.97. The third kappa shape index (κ3) is 2.83. The number of aromatic nitrogens is 1. The van der Waals surface area contributed by atoms with Gasteiger partial charge in [0.1, 0.15) is 5.82 Å². The van der Waals surface area contributed by atoms with E-state index in [-0.39, 0.29) is 0 Å². The van der Waals surface area contributed by atoms with E-state index >= 15 is 0 Å². The van der Waals surface area contributed by atoms with Crippen molar-refractivity contribution >= 4 is 5.82 Å². The summed E-state index contributed by atoms with van der Waals surface area (Å²) in [5.41, 5.74) is 2.61. The fourth-order valence-electron chi connectivity index (χ4n) is 3.59. The minimum Gasteiger partial charge on any atom is -0.353 e.